The first-order valence-electron chi connectivity index (χ1n) is 12.0. The summed E-state index contributed by atoms with van der Waals surface area (Å²) >= 11 is 2.99. The summed E-state index contributed by atoms with van der Waals surface area (Å²) in [6, 6.07) is 7.17. The quantitative estimate of drug-likeness (QED) is 0.258. The average Bonchev–Trinajstić information content (AvgIpc) is 3.27. The summed E-state index contributed by atoms with van der Waals surface area (Å²) in [4.78, 5) is 40.6. The van der Waals surface area contributed by atoms with Gasteiger partial charge in [-0.15, -0.1) is 16.9 Å². The smallest absolute Gasteiger partial charge is 0.338 e. The highest BCUT2D eigenvalue weighted by Crippen LogP contribution is 2.59. The summed E-state index contributed by atoms with van der Waals surface area (Å²) in [5.41, 5.74) is 1.79. The van der Waals surface area contributed by atoms with Crippen LogP contribution in [0.1, 0.15) is 43.6 Å². The number of hydrogen-bond donors (Lipinski definition) is 0. The van der Waals surface area contributed by atoms with Crippen LogP contribution in [0.3, 0.4) is 0 Å². The van der Waals surface area contributed by atoms with Gasteiger partial charge >= 0.3 is 5.97 Å². The highest BCUT2D eigenvalue weighted by atomic mass is 32.2. The maximum absolute atomic E-state index is 13.8. The van der Waals surface area contributed by atoms with Crippen molar-refractivity contribution in [3.05, 3.63) is 59.3 Å². The molecule has 0 radical (unpaired) electrons. The van der Waals surface area contributed by atoms with E-state index in [-0.39, 0.29) is 23.7 Å². The minimum absolute atomic E-state index is 0.121. The van der Waals surface area contributed by atoms with Crippen LogP contribution >= 0.6 is 23.5 Å². The standard InChI is InChI=1S/C26H31N5O5S2/c1-8-13-36-23(34)17-11-9-16(10-12-17)14-26(38-24-27-28-29-30(24)6)15(2)18(20(32)25(3,4)5)31-21(33)19(35-7)22(31)37-26/h8-12,19,22H,1,13-14H2,2-7H3/t19-,22-,26?/m0/s1. The number of thioether (sulfide) groups is 2. The van der Waals surface area contributed by atoms with Crippen LogP contribution in [-0.4, -0.2) is 72.0 Å². The molecule has 202 valence electrons. The average molecular weight is 558 g/mol. The van der Waals surface area contributed by atoms with Gasteiger partial charge in [0.15, 0.2) is 11.9 Å². The lowest BCUT2D eigenvalue weighted by molar-refractivity contribution is -0.160. The largest absolute Gasteiger partial charge is 0.458 e. The van der Waals surface area contributed by atoms with Crippen molar-refractivity contribution in [2.45, 2.75) is 54.8 Å². The number of ether oxygens (including phenoxy) is 2. The van der Waals surface area contributed by atoms with Crippen molar-refractivity contribution < 1.29 is 23.9 Å². The molecule has 1 fully saturated rings. The van der Waals surface area contributed by atoms with Crippen LogP contribution in [0.15, 0.2) is 53.3 Å². The molecular formula is C26H31N5O5S2. The zero-order valence-electron chi connectivity index (χ0n) is 22.3. The fourth-order valence-corrected chi connectivity index (χ4v) is 7.62. The van der Waals surface area contributed by atoms with Gasteiger partial charge in [0.05, 0.1) is 15.3 Å². The Morgan fingerprint density at radius 1 is 1.26 bits per heavy atom. The second kappa shape index (κ2) is 10.7. The van der Waals surface area contributed by atoms with Gasteiger partial charge in [0.25, 0.3) is 5.91 Å². The van der Waals surface area contributed by atoms with Crippen molar-refractivity contribution in [1.82, 2.24) is 25.1 Å². The van der Waals surface area contributed by atoms with E-state index < -0.39 is 21.6 Å². The molecule has 2 aliphatic heterocycles. The van der Waals surface area contributed by atoms with Crippen molar-refractivity contribution in [1.29, 1.82) is 0 Å². The van der Waals surface area contributed by atoms with Crippen molar-refractivity contribution in [3.63, 3.8) is 0 Å². The second-order valence-corrected chi connectivity index (χ2v) is 13.1. The molecule has 1 amide bonds. The molecule has 2 aromatic rings. The minimum atomic E-state index is -0.748. The monoisotopic (exact) mass is 557 g/mol. The molecule has 3 heterocycles. The van der Waals surface area contributed by atoms with Gasteiger partial charge in [-0.05, 0) is 40.6 Å². The molecule has 0 N–H and O–H groups in total. The summed E-state index contributed by atoms with van der Waals surface area (Å²) in [6.45, 7) is 11.1. The maximum Gasteiger partial charge on any atom is 0.338 e. The number of aryl methyl sites for hydroxylation is 1. The number of aromatic nitrogens is 4. The first-order valence-corrected chi connectivity index (χ1v) is 13.7. The van der Waals surface area contributed by atoms with E-state index in [1.165, 1.54) is 24.9 Å². The lowest BCUT2D eigenvalue weighted by Gasteiger charge is -2.55. The first kappa shape index (κ1) is 28.1. The van der Waals surface area contributed by atoms with E-state index in [9.17, 15) is 14.4 Å². The molecule has 4 rings (SSSR count). The number of β-lactam (4-membered cyclic amide) rings is 1. The number of ketones is 1. The third-order valence-corrected chi connectivity index (χ3v) is 9.80. The van der Waals surface area contributed by atoms with Gasteiger partial charge in [-0.3, -0.25) is 14.5 Å². The van der Waals surface area contributed by atoms with E-state index in [0.29, 0.717) is 22.8 Å². The number of fused-ring (bicyclic) bond motifs is 1. The predicted octanol–water partition coefficient (Wildman–Crippen LogP) is 3.40. The van der Waals surface area contributed by atoms with E-state index in [2.05, 4.69) is 22.1 Å². The summed E-state index contributed by atoms with van der Waals surface area (Å²) in [5.74, 6) is -0.777. The number of allylic oxidation sites excluding steroid dienone is 1. The molecule has 2 aliphatic rings. The minimum Gasteiger partial charge on any atom is -0.458 e. The summed E-state index contributed by atoms with van der Waals surface area (Å²) in [7, 11) is 3.26. The van der Waals surface area contributed by atoms with Crippen LogP contribution in [0.2, 0.25) is 0 Å². The zero-order chi connectivity index (χ0) is 27.8. The molecule has 3 atom stereocenters. The lowest BCUT2D eigenvalue weighted by Crippen LogP contribution is -2.68. The number of carbonyl (C=O) groups is 3. The number of tetrazole rings is 1. The van der Waals surface area contributed by atoms with Crippen molar-refractivity contribution in [3.8, 4) is 0 Å². The van der Waals surface area contributed by atoms with E-state index in [1.807, 2.05) is 39.8 Å². The zero-order valence-corrected chi connectivity index (χ0v) is 23.9. The first-order chi connectivity index (χ1) is 17.9. The molecule has 0 saturated carbocycles. The van der Waals surface area contributed by atoms with Crippen molar-refractivity contribution in [2.75, 3.05) is 13.7 Å². The van der Waals surface area contributed by atoms with Gasteiger partial charge in [0.1, 0.15) is 12.0 Å². The number of rotatable bonds is 9. The number of amides is 1. The van der Waals surface area contributed by atoms with Gasteiger partial charge in [0, 0.05) is 26.0 Å². The topological polar surface area (TPSA) is 117 Å². The van der Waals surface area contributed by atoms with Crippen molar-refractivity contribution in [2.24, 2.45) is 12.5 Å². The lowest BCUT2D eigenvalue weighted by atomic mass is 9.84. The van der Waals surface area contributed by atoms with Crippen LogP contribution in [0.4, 0.5) is 0 Å². The van der Waals surface area contributed by atoms with Crippen molar-refractivity contribution >= 4 is 41.2 Å². The second-order valence-electron chi connectivity index (χ2n) is 10.1. The molecule has 1 unspecified atom stereocenters. The Morgan fingerprint density at radius 3 is 2.50 bits per heavy atom. The van der Waals surface area contributed by atoms with Gasteiger partial charge in [-0.25, -0.2) is 9.48 Å². The number of methoxy groups -OCH3 is 1. The summed E-state index contributed by atoms with van der Waals surface area (Å²) in [6.07, 6.45) is 1.32. The van der Waals surface area contributed by atoms with E-state index in [4.69, 9.17) is 9.47 Å². The number of carbonyl (C=O) groups excluding carboxylic acids is 3. The maximum atomic E-state index is 13.8. The number of benzene rings is 1. The van der Waals surface area contributed by atoms with E-state index in [0.717, 1.165) is 11.1 Å². The SMILES string of the molecule is C=CCOC(=O)c1ccc(CC2(Sc3nnnn3C)S[C@H]3[C@@H](OC)C(=O)N3C(C(=O)C(C)(C)C)=C2C)cc1. The van der Waals surface area contributed by atoms with E-state index >= 15 is 0 Å². The molecule has 0 aliphatic carbocycles. The summed E-state index contributed by atoms with van der Waals surface area (Å²) in [5, 5.41) is 12.1. The van der Waals surface area contributed by atoms with E-state index in [1.54, 1.807) is 40.5 Å². The third kappa shape index (κ3) is 5.04. The fourth-order valence-electron chi connectivity index (χ4n) is 4.30. The van der Waals surface area contributed by atoms with Gasteiger partial charge < -0.3 is 9.47 Å². The number of hydrogen-bond acceptors (Lipinski definition) is 10. The Labute approximate surface area is 230 Å². The molecule has 1 aromatic carbocycles. The number of nitrogens with zero attached hydrogens (tertiary/aromatic N) is 5. The highest BCUT2D eigenvalue weighted by Gasteiger charge is 2.60. The van der Waals surface area contributed by atoms with Gasteiger partial charge in [-0.1, -0.05) is 57.3 Å². The van der Waals surface area contributed by atoms with Gasteiger partial charge in [0.2, 0.25) is 5.16 Å². The Morgan fingerprint density at radius 2 is 1.95 bits per heavy atom. The number of esters is 1. The molecule has 12 heteroatoms. The normalized spacial score (nSPS) is 23.1. The Kier molecular flexibility index (Phi) is 7.87. The molecule has 1 saturated heterocycles. The van der Waals surface area contributed by atoms with Crippen LogP contribution < -0.4 is 0 Å². The molecule has 0 spiro atoms. The number of Topliss-reactive ketones (excluding diaryl/α,β-unsaturated/α-hetero) is 1. The molecule has 10 nitrogen and oxygen atoms in total. The van der Waals surface area contributed by atoms with Crippen LogP contribution in [-0.2, 0) is 32.5 Å². The summed E-state index contributed by atoms with van der Waals surface area (Å²) < 4.78 is 11.5. The highest BCUT2D eigenvalue weighted by molar-refractivity contribution is 8.18. The van der Waals surface area contributed by atoms with Gasteiger partial charge in [-0.2, -0.15) is 0 Å². The van der Waals surface area contributed by atoms with Crippen LogP contribution in [0.5, 0.6) is 0 Å². The Hall–Kier alpha value is -2.96. The molecule has 1 aromatic heterocycles. The predicted molar refractivity (Wildman–Crippen MR) is 144 cm³/mol. The molecular weight excluding hydrogens is 526 g/mol. The molecule has 38 heavy (non-hydrogen) atoms. The Bertz CT molecular complexity index is 1300. The van der Waals surface area contributed by atoms with Crippen LogP contribution in [0.25, 0.3) is 0 Å². The third-order valence-electron chi connectivity index (χ3n) is 6.42. The Balaban J connectivity index is 1.81. The van der Waals surface area contributed by atoms with Crippen LogP contribution in [0, 0.1) is 5.41 Å². The fraction of sp³-hybridized carbons (Fsp3) is 0.462. The molecule has 0 bridgehead atoms.